The van der Waals surface area contributed by atoms with Crippen molar-refractivity contribution in [2.45, 2.75) is 6.92 Å². The summed E-state index contributed by atoms with van der Waals surface area (Å²) < 4.78 is 10.5. The zero-order chi connectivity index (χ0) is 15.8. The normalized spacial score (nSPS) is 15.9. The second kappa shape index (κ2) is 8.35. The second-order valence-corrected chi connectivity index (χ2v) is 4.84. The highest BCUT2D eigenvalue weighted by atomic mass is 16.5. The summed E-state index contributed by atoms with van der Waals surface area (Å²) in [5, 5.41) is 13.5. The Hall–Kier alpha value is -2.12. The molecular formula is C15H21N3O4. The molecule has 7 nitrogen and oxygen atoms in total. The van der Waals surface area contributed by atoms with Crippen molar-refractivity contribution in [3.05, 3.63) is 23.8 Å². The number of morpholine rings is 1. The Balaban J connectivity index is 1.83. The van der Waals surface area contributed by atoms with Crippen LogP contribution in [0.4, 0.5) is 0 Å². The lowest BCUT2D eigenvalue weighted by molar-refractivity contribution is -0.123. The Labute approximate surface area is 129 Å². The van der Waals surface area contributed by atoms with Crippen LogP contribution in [0.3, 0.4) is 0 Å². The summed E-state index contributed by atoms with van der Waals surface area (Å²) in [5.41, 5.74) is 3.22. The number of nitrogens with one attached hydrogen (secondary N) is 1. The van der Waals surface area contributed by atoms with Gasteiger partial charge in [-0.2, -0.15) is 5.10 Å². The van der Waals surface area contributed by atoms with Crippen LogP contribution in [-0.2, 0) is 9.53 Å². The van der Waals surface area contributed by atoms with Crippen LogP contribution < -0.4 is 10.2 Å². The number of rotatable bonds is 6. The fraction of sp³-hybridized carbons (Fsp3) is 0.467. The molecule has 1 amide bonds. The molecule has 1 heterocycles. The zero-order valence-electron chi connectivity index (χ0n) is 12.6. The average molecular weight is 307 g/mol. The Kier molecular flexibility index (Phi) is 6.17. The Morgan fingerprint density at radius 2 is 2.27 bits per heavy atom. The number of amides is 1. The number of ether oxygens (including phenoxy) is 2. The highest BCUT2D eigenvalue weighted by Gasteiger charge is 2.13. The van der Waals surface area contributed by atoms with Crippen molar-refractivity contribution in [2.75, 3.05) is 39.5 Å². The topological polar surface area (TPSA) is 83.4 Å². The van der Waals surface area contributed by atoms with Gasteiger partial charge in [-0.25, -0.2) is 5.43 Å². The number of carbonyl (C=O) groups is 1. The number of benzene rings is 1. The van der Waals surface area contributed by atoms with E-state index in [2.05, 4.69) is 10.5 Å². The maximum absolute atomic E-state index is 11.8. The zero-order valence-corrected chi connectivity index (χ0v) is 12.6. The number of phenols is 1. The SMILES string of the molecule is CCOc1cc(/C=N/NC(=O)CN2CCOCC2)ccc1O. The number of hydrogen-bond acceptors (Lipinski definition) is 6. The molecule has 120 valence electrons. The van der Waals surface area contributed by atoms with Gasteiger partial charge in [0, 0.05) is 13.1 Å². The first-order valence-corrected chi connectivity index (χ1v) is 7.27. The van der Waals surface area contributed by atoms with Gasteiger partial charge in [0.05, 0.1) is 32.6 Å². The Morgan fingerprint density at radius 1 is 1.50 bits per heavy atom. The number of carbonyl (C=O) groups excluding carboxylic acids is 1. The lowest BCUT2D eigenvalue weighted by Gasteiger charge is -2.25. The molecule has 2 rings (SSSR count). The smallest absolute Gasteiger partial charge is 0.254 e. The van der Waals surface area contributed by atoms with Crippen LogP contribution in [0.5, 0.6) is 11.5 Å². The average Bonchev–Trinajstić information content (AvgIpc) is 2.51. The van der Waals surface area contributed by atoms with Crippen molar-refractivity contribution in [1.29, 1.82) is 0 Å². The minimum Gasteiger partial charge on any atom is -0.504 e. The molecule has 0 aromatic heterocycles. The van der Waals surface area contributed by atoms with E-state index < -0.39 is 0 Å². The van der Waals surface area contributed by atoms with E-state index >= 15 is 0 Å². The first-order valence-electron chi connectivity index (χ1n) is 7.27. The van der Waals surface area contributed by atoms with Crippen LogP contribution in [0.1, 0.15) is 12.5 Å². The lowest BCUT2D eigenvalue weighted by atomic mass is 10.2. The van der Waals surface area contributed by atoms with Gasteiger partial charge < -0.3 is 14.6 Å². The van der Waals surface area contributed by atoms with Gasteiger partial charge in [-0.3, -0.25) is 9.69 Å². The molecule has 2 N–H and O–H groups in total. The first-order chi connectivity index (χ1) is 10.7. The van der Waals surface area contributed by atoms with Crippen molar-refractivity contribution in [3.63, 3.8) is 0 Å². The van der Waals surface area contributed by atoms with Crippen LogP contribution in [0.25, 0.3) is 0 Å². The maximum atomic E-state index is 11.8. The Bertz CT molecular complexity index is 528. The number of hydrogen-bond donors (Lipinski definition) is 2. The molecule has 0 saturated carbocycles. The van der Waals surface area contributed by atoms with Crippen molar-refractivity contribution >= 4 is 12.1 Å². The molecule has 1 aliphatic rings. The van der Waals surface area contributed by atoms with Crippen LogP contribution >= 0.6 is 0 Å². The minimum atomic E-state index is -0.165. The van der Waals surface area contributed by atoms with E-state index in [1.54, 1.807) is 12.1 Å². The van der Waals surface area contributed by atoms with Gasteiger partial charge in [-0.05, 0) is 30.7 Å². The van der Waals surface area contributed by atoms with Crippen molar-refractivity contribution in [2.24, 2.45) is 5.10 Å². The molecule has 7 heteroatoms. The van der Waals surface area contributed by atoms with E-state index in [1.807, 2.05) is 11.8 Å². The number of phenolic OH excluding ortho intramolecular Hbond substituents is 1. The molecule has 22 heavy (non-hydrogen) atoms. The van der Waals surface area contributed by atoms with Gasteiger partial charge in [0.1, 0.15) is 0 Å². The summed E-state index contributed by atoms with van der Waals surface area (Å²) in [6.45, 7) is 5.44. The van der Waals surface area contributed by atoms with Crippen LogP contribution in [0, 0.1) is 0 Å². The number of aromatic hydroxyl groups is 1. The summed E-state index contributed by atoms with van der Waals surface area (Å²) in [6.07, 6.45) is 1.51. The standard InChI is InChI=1S/C15H21N3O4/c1-2-22-14-9-12(3-4-13(14)19)10-16-17-15(20)11-18-5-7-21-8-6-18/h3-4,9-10,19H,2,5-8,11H2,1H3,(H,17,20)/b16-10+. The van der Waals surface area contributed by atoms with E-state index in [4.69, 9.17) is 9.47 Å². The molecule has 1 aromatic rings. The third-order valence-corrected chi connectivity index (χ3v) is 3.16. The second-order valence-electron chi connectivity index (χ2n) is 4.84. The van der Waals surface area contributed by atoms with Gasteiger partial charge in [-0.15, -0.1) is 0 Å². The van der Waals surface area contributed by atoms with E-state index in [9.17, 15) is 9.90 Å². The molecule has 0 atom stereocenters. The van der Waals surface area contributed by atoms with Gasteiger partial charge in [-0.1, -0.05) is 0 Å². The van der Waals surface area contributed by atoms with Crippen molar-refractivity contribution in [1.82, 2.24) is 10.3 Å². The summed E-state index contributed by atoms with van der Waals surface area (Å²) in [4.78, 5) is 13.8. The summed E-state index contributed by atoms with van der Waals surface area (Å²) in [6, 6.07) is 4.88. The molecule has 1 aliphatic heterocycles. The molecule has 1 saturated heterocycles. The van der Waals surface area contributed by atoms with Gasteiger partial charge in [0.2, 0.25) is 0 Å². The lowest BCUT2D eigenvalue weighted by Crippen LogP contribution is -2.42. The molecule has 0 aliphatic carbocycles. The third kappa shape index (κ3) is 5.01. The quantitative estimate of drug-likeness (QED) is 0.593. The molecular weight excluding hydrogens is 286 g/mol. The molecule has 1 aromatic carbocycles. The predicted molar refractivity (Wildman–Crippen MR) is 82.3 cm³/mol. The number of hydrazone groups is 1. The fourth-order valence-corrected chi connectivity index (χ4v) is 2.06. The van der Waals surface area contributed by atoms with Gasteiger partial charge in [0.15, 0.2) is 11.5 Å². The highest BCUT2D eigenvalue weighted by Crippen LogP contribution is 2.26. The number of nitrogens with zero attached hydrogens (tertiary/aromatic N) is 2. The third-order valence-electron chi connectivity index (χ3n) is 3.16. The van der Waals surface area contributed by atoms with E-state index in [-0.39, 0.29) is 11.7 Å². The predicted octanol–water partition coefficient (Wildman–Crippen LogP) is 0.573. The summed E-state index contributed by atoms with van der Waals surface area (Å²) in [7, 11) is 0. The molecule has 0 radical (unpaired) electrons. The van der Waals surface area contributed by atoms with E-state index in [1.165, 1.54) is 12.3 Å². The summed E-state index contributed by atoms with van der Waals surface area (Å²) >= 11 is 0. The van der Waals surface area contributed by atoms with Crippen LogP contribution in [0.2, 0.25) is 0 Å². The van der Waals surface area contributed by atoms with Crippen LogP contribution in [0.15, 0.2) is 23.3 Å². The maximum Gasteiger partial charge on any atom is 0.254 e. The van der Waals surface area contributed by atoms with Crippen molar-refractivity contribution in [3.8, 4) is 11.5 Å². The fourth-order valence-electron chi connectivity index (χ4n) is 2.06. The van der Waals surface area contributed by atoms with Gasteiger partial charge in [0.25, 0.3) is 5.91 Å². The summed E-state index contributed by atoms with van der Waals surface area (Å²) in [5.74, 6) is 0.309. The van der Waals surface area contributed by atoms with Crippen LogP contribution in [-0.4, -0.2) is 61.6 Å². The first kappa shape index (κ1) is 16.3. The monoisotopic (exact) mass is 307 g/mol. The van der Waals surface area contributed by atoms with Crippen molar-refractivity contribution < 1.29 is 19.4 Å². The molecule has 1 fully saturated rings. The minimum absolute atomic E-state index is 0.0790. The van der Waals surface area contributed by atoms with E-state index in [0.717, 1.165) is 18.7 Å². The van der Waals surface area contributed by atoms with Gasteiger partial charge >= 0.3 is 0 Å². The highest BCUT2D eigenvalue weighted by molar-refractivity contribution is 5.83. The molecule has 0 spiro atoms. The molecule has 0 unspecified atom stereocenters. The Morgan fingerprint density at radius 3 is 3.00 bits per heavy atom. The largest absolute Gasteiger partial charge is 0.504 e. The molecule has 0 bridgehead atoms. The van der Waals surface area contributed by atoms with E-state index in [0.29, 0.717) is 32.1 Å².